The number of oxazole rings is 1. The Morgan fingerprint density at radius 1 is 1.00 bits per heavy atom. The molecule has 0 aliphatic carbocycles. The molecule has 0 saturated carbocycles. The van der Waals surface area contributed by atoms with E-state index in [-0.39, 0.29) is 5.56 Å². The molecule has 0 unspecified atom stereocenters. The van der Waals surface area contributed by atoms with Gasteiger partial charge in [0.1, 0.15) is 24.2 Å². The van der Waals surface area contributed by atoms with Crippen LogP contribution in [0.3, 0.4) is 0 Å². The highest BCUT2D eigenvalue weighted by molar-refractivity contribution is 6.36. The number of aromatic nitrogens is 3. The molecule has 0 atom stereocenters. The number of fused-ring (bicyclic) bond motifs is 3. The Morgan fingerprint density at radius 3 is 2.58 bits per heavy atom. The number of rotatable bonds is 5. The van der Waals surface area contributed by atoms with E-state index >= 15 is 0 Å². The van der Waals surface area contributed by atoms with Crippen molar-refractivity contribution in [1.82, 2.24) is 14.1 Å². The van der Waals surface area contributed by atoms with Crippen LogP contribution in [0.1, 0.15) is 12.8 Å². The minimum Gasteiger partial charge on any atom is -0.446 e. The van der Waals surface area contributed by atoms with Gasteiger partial charge < -0.3 is 13.7 Å². The van der Waals surface area contributed by atoms with Gasteiger partial charge >= 0.3 is 0 Å². The molecule has 8 heteroatoms. The van der Waals surface area contributed by atoms with E-state index in [1.54, 1.807) is 36.1 Å². The highest BCUT2D eigenvalue weighted by Gasteiger charge is 2.18. The van der Waals surface area contributed by atoms with Crippen molar-refractivity contribution in [2.45, 2.75) is 13.5 Å². The molecule has 2 aromatic carbocycles. The Morgan fingerprint density at radius 2 is 1.82 bits per heavy atom. The summed E-state index contributed by atoms with van der Waals surface area (Å²) in [6.45, 7) is 2.86. The van der Waals surface area contributed by atoms with Gasteiger partial charge in [0, 0.05) is 53.2 Å². The van der Waals surface area contributed by atoms with Crippen LogP contribution in [-0.2, 0) is 25.4 Å². The highest BCUT2D eigenvalue weighted by Crippen LogP contribution is 2.35. The van der Waals surface area contributed by atoms with Gasteiger partial charge in [0.25, 0.3) is 5.56 Å². The third-order valence-corrected chi connectivity index (χ3v) is 6.39. The summed E-state index contributed by atoms with van der Waals surface area (Å²) in [4.78, 5) is 17.8. The smallest absolute Gasteiger partial charge is 0.259 e. The fraction of sp³-hybridized carbons (Fsp3) is 0.200. The summed E-state index contributed by atoms with van der Waals surface area (Å²) in [5.74, 6) is 0.534. The molecule has 3 aromatic heterocycles. The van der Waals surface area contributed by atoms with E-state index in [0.29, 0.717) is 40.3 Å². The van der Waals surface area contributed by atoms with Crippen molar-refractivity contribution in [2.24, 2.45) is 14.1 Å². The lowest BCUT2D eigenvalue weighted by Gasteiger charge is -2.09. The summed E-state index contributed by atoms with van der Waals surface area (Å²) in [6, 6.07) is 13.2. The summed E-state index contributed by atoms with van der Waals surface area (Å²) in [7, 11) is 3.73. The zero-order valence-electron chi connectivity index (χ0n) is 18.4. The number of pyridine rings is 1. The Bertz CT molecular complexity index is 1580. The molecule has 5 aromatic rings. The number of hydrogen-bond donors (Lipinski definition) is 0. The van der Waals surface area contributed by atoms with Gasteiger partial charge in [0.05, 0.1) is 10.5 Å². The molecular formula is C25H21Cl2N3O3. The highest BCUT2D eigenvalue weighted by atomic mass is 35.5. The lowest BCUT2D eigenvalue weighted by molar-refractivity contribution is 0.114. The zero-order chi connectivity index (χ0) is 23.3. The van der Waals surface area contributed by atoms with Crippen LogP contribution in [0.2, 0.25) is 10.0 Å². The Balaban J connectivity index is 1.73. The van der Waals surface area contributed by atoms with E-state index < -0.39 is 0 Å². The van der Waals surface area contributed by atoms with Crippen molar-refractivity contribution in [3.63, 3.8) is 0 Å². The molecule has 0 N–H and O–H groups in total. The molecule has 3 heterocycles. The average Bonchev–Trinajstić information content (AvgIpc) is 3.38. The first-order chi connectivity index (χ1) is 15.9. The lowest BCUT2D eigenvalue weighted by atomic mass is 10.0. The fourth-order valence-corrected chi connectivity index (χ4v) is 4.76. The summed E-state index contributed by atoms with van der Waals surface area (Å²) in [5, 5.41) is 2.90. The molecular weight excluding hydrogens is 461 g/mol. The topological polar surface area (TPSA) is 62.2 Å². The van der Waals surface area contributed by atoms with Crippen LogP contribution in [0.25, 0.3) is 44.3 Å². The minimum atomic E-state index is -0.130. The lowest BCUT2D eigenvalue weighted by Crippen LogP contribution is -2.20. The van der Waals surface area contributed by atoms with Crippen molar-refractivity contribution in [3.8, 4) is 22.4 Å². The average molecular weight is 482 g/mol. The van der Waals surface area contributed by atoms with E-state index in [2.05, 4.69) is 11.1 Å². The van der Waals surface area contributed by atoms with Crippen LogP contribution in [0.4, 0.5) is 0 Å². The van der Waals surface area contributed by atoms with Gasteiger partial charge in [-0.05, 0) is 37.3 Å². The number of ether oxygens (including phenoxy) is 1. The largest absolute Gasteiger partial charge is 0.446 e. The maximum absolute atomic E-state index is 13.3. The van der Waals surface area contributed by atoms with Crippen molar-refractivity contribution in [3.05, 3.63) is 75.0 Å². The van der Waals surface area contributed by atoms with E-state index in [9.17, 15) is 4.79 Å². The number of benzene rings is 2. The predicted octanol–water partition coefficient (Wildman–Crippen LogP) is 6.20. The molecule has 0 fully saturated rings. The second-order valence-electron chi connectivity index (χ2n) is 7.84. The molecule has 0 saturated heterocycles. The van der Waals surface area contributed by atoms with Gasteiger partial charge in [0.2, 0.25) is 5.89 Å². The Hall–Kier alpha value is -3.06. The second-order valence-corrected chi connectivity index (χ2v) is 8.68. The number of hydrogen-bond acceptors (Lipinski definition) is 4. The summed E-state index contributed by atoms with van der Waals surface area (Å²) in [6.07, 6.45) is 1.63. The van der Waals surface area contributed by atoms with Crippen molar-refractivity contribution in [1.29, 1.82) is 0 Å². The van der Waals surface area contributed by atoms with E-state index in [1.165, 1.54) is 0 Å². The molecule has 0 aliphatic heterocycles. The third-order valence-electron chi connectivity index (χ3n) is 5.85. The maximum atomic E-state index is 13.3. The third kappa shape index (κ3) is 3.64. The van der Waals surface area contributed by atoms with E-state index in [1.807, 2.05) is 36.7 Å². The quantitative estimate of drug-likeness (QED) is 0.300. The maximum Gasteiger partial charge on any atom is 0.259 e. The normalized spacial score (nSPS) is 11.7. The molecule has 0 spiro atoms. The minimum absolute atomic E-state index is 0.130. The Kier molecular flexibility index (Phi) is 5.52. The van der Waals surface area contributed by atoms with Crippen molar-refractivity contribution < 1.29 is 9.15 Å². The van der Waals surface area contributed by atoms with Crippen LogP contribution in [0.5, 0.6) is 0 Å². The van der Waals surface area contributed by atoms with E-state index in [0.717, 1.165) is 33.2 Å². The first kappa shape index (κ1) is 21.8. The van der Waals surface area contributed by atoms with Gasteiger partial charge in [-0.3, -0.25) is 9.36 Å². The van der Waals surface area contributed by atoms with Gasteiger partial charge in [-0.2, -0.15) is 0 Å². The van der Waals surface area contributed by atoms with Crippen LogP contribution in [-0.4, -0.2) is 20.7 Å². The molecule has 0 bridgehead atoms. The van der Waals surface area contributed by atoms with Crippen molar-refractivity contribution >= 4 is 45.1 Å². The van der Waals surface area contributed by atoms with Crippen molar-refractivity contribution in [2.75, 3.05) is 6.61 Å². The van der Waals surface area contributed by atoms with Gasteiger partial charge in [-0.15, -0.1) is 0 Å². The van der Waals surface area contributed by atoms with Crippen LogP contribution >= 0.6 is 23.2 Å². The second kappa shape index (κ2) is 8.37. The van der Waals surface area contributed by atoms with Crippen LogP contribution in [0, 0.1) is 0 Å². The Labute approximate surface area is 199 Å². The molecule has 6 nitrogen and oxygen atoms in total. The fourth-order valence-electron chi connectivity index (χ4n) is 4.25. The standard InChI is InChI=1S/C25H21Cl2N3O3/c1-4-32-13-23-28-21(12-33-23)14-5-8-22-17(9-14)18-11-19(16-7-6-15(26)10-20(16)27)25(31)30(3)24(18)29(22)2/h5-12H,4,13H2,1-3H3. The van der Waals surface area contributed by atoms with Gasteiger partial charge in [-0.1, -0.05) is 35.3 Å². The first-order valence-electron chi connectivity index (χ1n) is 10.5. The molecule has 0 amide bonds. The SMILES string of the molecule is CCOCc1nc(-c2ccc3c(c2)c2cc(-c4ccc(Cl)cc4Cl)c(=O)n(C)c2n3C)co1. The number of nitrogens with zero attached hydrogens (tertiary/aromatic N) is 3. The summed E-state index contributed by atoms with van der Waals surface area (Å²) < 4.78 is 14.6. The molecule has 0 radical (unpaired) electrons. The predicted molar refractivity (Wildman–Crippen MR) is 132 cm³/mol. The first-order valence-corrected chi connectivity index (χ1v) is 11.2. The van der Waals surface area contributed by atoms with E-state index in [4.69, 9.17) is 32.4 Å². The molecule has 33 heavy (non-hydrogen) atoms. The van der Waals surface area contributed by atoms with Crippen LogP contribution < -0.4 is 5.56 Å². The zero-order valence-corrected chi connectivity index (χ0v) is 19.9. The summed E-state index contributed by atoms with van der Waals surface area (Å²) >= 11 is 12.5. The molecule has 0 aliphatic rings. The molecule has 5 rings (SSSR count). The van der Waals surface area contributed by atoms with Gasteiger partial charge in [0.15, 0.2) is 0 Å². The summed E-state index contributed by atoms with van der Waals surface area (Å²) in [5.41, 5.74) is 4.50. The monoisotopic (exact) mass is 481 g/mol. The number of halogens is 2. The van der Waals surface area contributed by atoms with Crippen LogP contribution in [0.15, 0.2) is 57.9 Å². The van der Waals surface area contributed by atoms with Gasteiger partial charge in [-0.25, -0.2) is 4.98 Å². The molecule has 168 valence electrons. The number of aryl methyl sites for hydroxylation is 2.